The second kappa shape index (κ2) is 11.9. The van der Waals surface area contributed by atoms with Gasteiger partial charge in [-0.15, -0.1) is 11.6 Å². The van der Waals surface area contributed by atoms with Gasteiger partial charge in [-0.05, 0) is 0 Å². The molecule has 3 aromatic rings. The summed E-state index contributed by atoms with van der Waals surface area (Å²) in [6.45, 7) is 2.25. The Balaban J connectivity index is 0.00000169. The SMILES string of the molecule is CC1[C-]=C([Si](c2ccccc2)c2ccccc2)c2ccccc21.[Cl-].[Cl-].[Cl-].[Ti+4]. The Morgan fingerprint density at radius 3 is 1.63 bits per heavy atom. The quantitative estimate of drug-likeness (QED) is 0.269. The summed E-state index contributed by atoms with van der Waals surface area (Å²) < 4.78 is 0. The molecule has 0 fully saturated rings. The third-order valence-electron chi connectivity index (χ3n) is 4.43. The van der Waals surface area contributed by atoms with E-state index in [0.717, 1.165) is 0 Å². The van der Waals surface area contributed by atoms with E-state index in [1.165, 1.54) is 26.7 Å². The molecule has 0 nitrogen and oxygen atoms in total. The van der Waals surface area contributed by atoms with Crippen LogP contribution >= 0.6 is 0 Å². The molecule has 3 aromatic carbocycles. The fraction of sp³-hybridized carbons (Fsp3) is 0.0909. The Morgan fingerprint density at radius 1 is 0.667 bits per heavy atom. The van der Waals surface area contributed by atoms with Gasteiger partial charge in [0.25, 0.3) is 0 Å². The maximum Gasteiger partial charge on any atom is 4.00 e. The number of allylic oxidation sites excluding steroid dienone is 1. The molecule has 27 heavy (non-hydrogen) atoms. The molecular weight excluding hydrogens is 447 g/mol. The van der Waals surface area contributed by atoms with Gasteiger partial charge in [0, 0.05) is 0 Å². The van der Waals surface area contributed by atoms with Gasteiger partial charge < -0.3 is 37.2 Å². The Kier molecular flexibility index (Phi) is 11.6. The van der Waals surface area contributed by atoms with E-state index in [1.807, 2.05) is 0 Å². The van der Waals surface area contributed by atoms with Gasteiger partial charge in [0.05, 0.1) is 0 Å². The average molecular weight is 465 g/mol. The molecule has 0 heterocycles. The van der Waals surface area contributed by atoms with Crippen LogP contribution in [0.5, 0.6) is 0 Å². The van der Waals surface area contributed by atoms with Gasteiger partial charge in [-0.1, -0.05) is 102 Å². The van der Waals surface area contributed by atoms with Gasteiger partial charge in [0.2, 0.25) is 0 Å². The summed E-state index contributed by atoms with van der Waals surface area (Å²) in [5.41, 5.74) is 2.80. The molecule has 0 spiro atoms. The molecule has 0 aromatic heterocycles. The number of halogens is 3. The van der Waals surface area contributed by atoms with Crippen molar-refractivity contribution in [1.29, 1.82) is 0 Å². The van der Waals surface area contributed by atoms with Gasteiger partial charge in [-0.2, -0.15) is 5.56 Å². The first-order valence-corrected chi connectivity index (χ1v) is 9.55. The molecule has 0 aliphatic heterocycles. The van der Waals surface area contributed by atoms with Crippen LogP contribution in [0.25, 0.3) is 5.20 Å². The molecule has 0 amide bonds. The number of rotatable bonds is 3. The van der Waals surface area contributed by atoms with Crippen LogP contribution in [0.1, 0.15) is 24.0 Å². The molecule has 1 atom stereocenters. The second-order valence-corrected chi connectivity index (χ2v) is 8.34. The fourth-order valence-corrected chi connectivity index (χ4v) is 6.17. The van der Waals surface area contributed by atoms with E-state index in [0.29, 0.717) is 5.92 Å². The minimum atomic E-state index is -1.02. The molecule has 4 rings (SSSR count). The Morgan fingerprint density at radius 2 is 1.11 bits per heavy atom. The maximum atomic E-state index is 3.78. The van der Waals surface area contributed by atoms with Crippen LogP contribution in [0.4, 0.5) is 0 Å². The van der Waals surface area contributed by atoms with Crippen molar-refractivity contribution in [2.24, 2.45) is 0 Å². The maximum absolute atomic E-state index is 3.78. The van der Waals surface area contributed by atoms with Gasteiger partial charge in [0.15, 0.2) is 0 Å². The molecule has 0 saturated heterocycles. The molecule has 5 heteroatoms. The first-order valence-electron chi connectivity index (χ1n) is 8.05. The van der Waals surface area contributed by atoms with Crippen molar-refractivity contribution in [2.45, 2.75) is 12.8 Å². The zero-order chi connectivity index (χ0) is 15.6. The van der Waals surface area contributed by atoms with Gasteiger partial charge >= 0.3 is 21.7 Å². The van der Waals surface area contributed by atoms with Crippen molar-refractivity contribution in [3.05, 3.63) is 102 Å². The molecule has 0 N–H and O–H groups in total. The smallest absolute Gasteiger partial charge is 1.00 e. The fourth-order valence-electron chi connectivity index (χ4n) is 3.35. The number of benzene rings is 3. The minimum Gasteiger partial charge on any atom is -1.00 e. The van der Waals surface area contributed by atoms with Crippen molar-refractivity contribution in [3.8, 4) is 0 Å². The molecule has 135 valence electrons. The average Bonchev–Trinajstić information content (AvgIpc) is 2.94. The summed E-state index contributed by atoms with van der Waals surface area (Å²) in [7, 11) is -1.02. The van der Waals surface area contributed by atoms with Crippen LogP contribution in [0.2, 0.25) is 0 Å². The molecule has 0 saturated carbocycles. The monoisotopic (exact) mass is 463 g/mol. The number of hydrogen-bond donors (Lipinski definition) is 0. The van der Waals surface area contributed by atoms with Gasteiger partial charge in [-0.3, -0.25) is 6.08 Å². The van der Waals surface area contributed by atoms with E-state index in [9.17, 15) is 0 Å². The topological polar surface area (TPSA) is 0 Å². The van der Waals surface area contributed by atoms with Gasteiger partial charge in [0.1, 0.15) is 8.80 Å². The van der Waals surface area contributed by atoms with Crippen LogP contribution in [-0.4, -0.2) is 8.80 Å². The van der Waals surface area contributed by atoms with E-state index in [4.69, 9.17) is 0 Å². The standard InChI is InChI=1S/C22H18Si.3ClH.Ti/c1-17-16-22(21-15-9-8-14-20(17)21)23(18-10-4-2-5-11-18)19-12-6-3-7-13-19;;;;/h2-15,17H,1H3;3*1H;/q-1;;;;+4/p-3. The summed E-state index contributed by atoms with van der Waals surface area (Å²) in [6.07, 6.45) is 3.78. The molecule has 1 unspecified atom stereocenters. The molecule has 1 radical (unpaired) electrons. The Bertz CT molecular complexity index is 814. The molecule has 0 bridgehead atoms. The minimum absolute atomic E-state index is 0. The van der Waals surface area contributed by atoms with Crippen LogP contribution in [0.3, 0.4) is 0 Å². The number of hydrogen-bond acceptors (Lipinski definition) is 0. The van der Waals surface area contributed by atoms with Crippen LogP contribution in [0, 0.1) is 6.08 Å². The zero-order valence-electron chi connectivity index (χ0n) is 14.8. The summed E-state index contributed by atoms with van der Waals surface area (Å²) in [6, 6.07) is 30.6. The zero-order valence-corrected chi connectivity index (χ0v) is 19.6. The Labute approximate surface area is 197 Å². The van der Waals surface area contributed by atoms with Crippen LogP contribution in [-0.2, 0) is 21.7 Å². The summed E-state index contributed by atoms with van der Waals surface area (Å²) in [4.78, 5) is 0. The molecular formula is C22H18Cl3SiTi. The second-order valence-electron chi connectivity index (χ2n) is 5.94. The van der Waals surface area contributed by atoms with E-state index >= 15 is 0 Å². The molecule has 1 aliphatic carbocycles. The third-order valence-corrected chi connectivity index (χ3v) is 7.17. The molecule has 1 aliphatic rings. The first kappa shape index (κ1) is 26.2. The largest absolute Gasteiger partial charge is 4.00 e. The summed E-state index contributed by atoms with van der Waals surface area (Å²) in [5, 5.41) is 4.26. The van der Waals surface area contributed by atoms with Crippen molar-refractivity contribution < 1.29 is 58.9 Å². The van der Waals surface area contributed by atoms with E-state index in [1.54, 1.807) is 0 Å². The van der Waals surface area contributed by atoms with E-state index in [-0.39, 0.29) is 58.9 Å². The van der Waals surface area contributed by atoms with Crippen molar-refractivity contribution >= 4 is 24.4 Å². The van der Waals surface area contributed by atoms with Gasteiger partial charge in [-0.25, -0.2) is 5.20 Å². The summed E-state index contributed by atoms with van der Waals surface area (Å²) in [5.74, 6) is 0.383. The predicted octanol–water partition coefficient (Wildman–Crippen LogP) is -5.15. The number of fused-ring (bicyclic) bond motifs is 1. The third kappa shape index (κ3) is 5.38. The van der Waals surface area contributed by atoms with Crippen LogP contribution < -0.4 is 47.6 Å². The predicted molar refractivity (Wildman–Crippen MR) is 99.4 cm³/mol. The van der Waals surface area contributed by atoms with Crippen LogP contribution in [0.15, 0.2) is 84.9 Å². The van der Waals surface area contributed by atoms with E-state index < -0.39 is 8.80 Å². The van der Waals surface area contributed by atoms with Crippen molar-refractivity contribution in [3.63, 3.8) is 0 Å². The van der Waals surface area contributed by atoms with Crippen molar-refractivity contribution in [2.75, 3.05) is 0 Å². The first-order chi connectivity index (χ1) is 11.3. The van der Waals surface area contributed by atoms with Crippen molar-refractivity contribution in [1.82, 2.24) is 0 Å². The normalized spacial score (nSPS) is 13.9. The summed E-state index contributed by atoms with van der Waals surface area (Å²) >= 11 is 0. The Hall–Kier alpha value is -0.799. The van der Waals surface area contributed by atoms with E-state index in [2.05, 4.69) is 97.9 Å².